The fourth-order valence-electron chi connectivity index (χ4n) is 6.79. The predicted molar refractivity (Wildman–Crippen MR) is 171 cm³/mol. The van der Waals surface area contributed by atoms with Crippen molar-refractivity contribution in [1.29, 1.82) is 0 Å². The highest BCUT2D eigenvalue weighted by atomic mass is 16.5. The van der Waals surface area contributed by atoms with E-state index in [0.717, 1.165) is 24.6 Å². The number of aromatic nitrogens is 2. The summed E-state index contributed by atoms with van der Waals surface area (Å²) in [5.74, 6) is 1.48. The third kappa shape index (κ3) is 3.89. The number of benzene rings is 5. The molecule has 7 aromatic rings. The van der Waals surface area contributed by atoms with Gasteiger partial charge in [0.25, 0.3) is 0 Å². The Morgan fingerprint density at radius 1 is 0.488 bits per heavy atom. The molecule has 5 aromatic carbocycles. The molecule has 41 heavy (non-hydrogen) atoms. The third-order valence-corrected chi connectivity index (χ3v) is 8.63. The van der Waals surface area contributed by atoms with E-state index in [0.29, 0.717) is 0 Å². The molecule has 4 heteroatoms. The Hall–Kier alpha value is -4.70. The second-order valence-electron chi connectivity index (χ2n) is 10.6. The minimum Gasteiger partial charge on any atom is -0.493 e. The van der Waals surface area contributed by atoms with Crippen molar-refractivity contribution in [3.63, 3.8) is 0 Å². The Morgan fingerprint density at radius 3 is 1.41 bits per heavy atom. The summed E-state index contributed by atoms with van der Waals surface area (Å²) in [7, 11) is 3.39. The molecule has 0 amide bonds. The van der Waals surface area contributed by atoms with E-state index in [2.05, 4.69) is 120 Å². The molecule has 0 aliphatic heterocycles. The summed E-state index contributed by atoms with van der Waals surface area (Å²) in [6, 6.07) is 37.8. The van der Waals surface area contributed by atoms with Crippen LogP contribution in [0, 0.1) is 0 Å². The molecule has 0 radical (unpaired) electrons. The zero-order valence-electron chi connectivity index (χ0n) is 24.0. The van der Waals surface area contributed by atoms with Crippen LogP contribution in [0.4, 0.5) is 0 Å². The van der Waals surface area contributed by atoms with Crippen molar-refractivity contribution in [2.45, 2.75) is 32.9 Å². The Bertz CT molecular complexity index is 1940. The van der Waals surface area contributed by atoms with Crippen LogP contribution in [0.2, 0.25) is 0 Å². The number of methoxy groups -OCH3 is 2. The lowest BCUT2D eigenvalue weighted by Crippen LogP contribution is -2.05. The number of fused-ring (bicyclic) bond motifs is 6. The fraction of sp³-hybridized carbons (Fsp3) is 0.189. The number of hydrogen-bond donors (Lipinski definition) is 0. The van der Waals surface area contributed by atoms with E-state index in [1.807, 2.05) is 6.07 Å². The Morgan fingerprint density at radius 2 is 0.927 bits per heavy atom. The number of ether oxygens (including phenoxy) is 2. The summed E-state index contributed by atoms with van der Waals surface area (Å²) in [4.78, 5) is 0. The van der Waals surface area contributed by atoms with E-state index in [9.17, 15) is 0 Å². The Labute approximate surface area is 240 Å². The van der Waals surface area contributed by atoms with Crippen LogP contribution in [0.15, 0.2) is 103 Å². The van der Waals surface area contributed by atoms with E-state index in [1.54, 1.807) is 14.2 Å². The largest absolute Gasteiger partial charge is 0.493 e. The molecule has 0 atom stereocenters. The van der Waals surface area contributed by atoms with Gasteiger partial charge in [-0.25, -0.2) is 0 Å². The van der Waals surface area contributed by atoms with Gasteiger partial charge in [0.05, 0.1) is 14.2 Å². The molecule has 0 spiro atoms. The molecule has 0 bridgehead atoms. The van der Waals surface area contributed by atoms with Gasteiger partial charge in [-0.05, 0) is 79.1 Å². The lowest BCUT2D eigenvalue weighted by Gasteiger charge is -2.21. The summed E-state index contributed by atoms with van der Waals surface area (Å²) >= 11 is 0. The van der Waals surface area contributed by atoms with Gasteiger partial charge < -0.3 is 18.6 Å². The van der Waals surface area contributed by atoms with Gasteiger partial charge >= 0.3 is 0 Å². The summed E-state index contributed by atoms with van der Waals surface area (Å²) in [5, 5.41) is 5.15. The van der Waals surface area contributed by atoms with E-state index in [-0.39, 0.29) is 5.92 Å². The highest BCUT2D eigenvalue weighted by molar-refractivity contribution is 6.09. The number of nitrogens with zero attached hydrogens (tertiary/aromatic N) is 2. The van der Waals surface area contributed by atoms with Crippen LogP contribution in [-0.4, -0.2) is 23.4 Å². The SMILES string of the molecule is CCn1c2ccccc2c2cc(C(c3ccc(OC)c(OC)c3)c3ccc4c(c3)c3ccccc3n4CC)ccc21. The van der Waals surface area contributed by atoms with Crippen LogP contribution < -0.4 is 9.47 Å². The molecule has 0 saturated carbocycles. The van der Waals surface area contributed by atoms with Crippen LogP contribution in [0.1, 0.15) is 36.5 Å². The lowest BCUT2D eigenvalue weighted by molar-refractivity contribution is 0.354. The molecule has 0 unspecified atom stereocenters. The molecular formula is C37H34N2O2. The average Bonchev–Trinajstić information content (AvgIpc) is 3.52. The molecule has 4 nitrogen and oxygen atoms in total. The van der Waals surface area contributed by atoms with Crippen molar-refractivity contribution < 1.29 is 9.47 Å². The maximum Gasteiger partial charge on any atom is 0.161 e. The summed E-state index contributed by atoms with van der Waals surface area (Å²) < 4.78 is 16.2. The third-order valence-electron chi connectivity index (χ3n) is 8.63. The Kier molecular flexibility index (Phi) is 6.19. The quantitative estimate of drug-likeness (QED) is 0.189. The van der Waals surface area contributed by atoms with Gasteiger partial charge in [-0.1, -0.05) is 54.6 Å². The minimum absolute atomic E-state index is 0.0103. The van der Waals surface area contributed by atoms with E-state index in [4.69, 9.17) is 9.47 Å². The van der Waals surface area contributed by atoms with Crippen LogP contribution in [-0.2, 0) is 13.1 Å². The molecule has 2 aromatic heterocycles. The average molecular weight is 539 g/mol. The maximum atomic E-state index is 5.76. The molecule has 0 N–H and O–H groups in total. The van der Waals surface area contributed by atoms with Crippen molar-refractivity contribution in [3.05, 3.63) is 120 Å². The minimum atomic E-state index is 0.0103. The molecule has 0 fully saturated rings. The van der Waals surface area contributed by atoms with Crippen LogP contribution >= 0.6 is 0 Å². The van der Waals surface area contributed by atoms with Crippen molar-refractivity contribution in [3.8, 4) is 11.5 Å². The molecule has 0 aliphatic carbocycles. The molecular weight excluding hydrogens is 504 g/mol. The van der Waals surface area contributed by atoms with Crippen LogP contribution in [0.5, 0.6) is 11.5 Å². The topological polar surface area (TPSA) is 28.3 Å². The summed E-state index contributed by atoms with van der Waals surface area (Å²) in [6.07, 6.45) is 0. The summed E-state index contributed by atoms with van der Waals surface area (Å²) in [6.45, 7) is 6.30. The first-order chi connectivity index (χ1) is 20.2. The van der Waals surface area contributed by atoms with Crippen LogP contribution in [0.3, 0.4) is 0 Å². The maximum absolute atomic E-state index is 5.76. The molecule has 2 heterocycles. The fourth-order valence-corrected chi connectivity index (χ4v) is 6.79. The number of rotatable bonds is 7. The first-order valence-corrected chi connectivity index (χ1v) is 14.4. The van der Waals surface area contributed by atoms with Gasteiger partial charge in [-0.3, -0.25) is 0 Å². The zero-order chi connectivity index (χ0) is 28.1. The molecule has 0 aliphatic rings. The second-order valence-corrected chi connectivity index (χ2v) is 10.6. The van der Waals surface area contributed by atoms with Gasteiger partial charge in [0.15, 0.2) is 11.5 Å². The highest BCUT2D eigenvalue weighted by Crippen LogP contribution is 2.41. The monoisotopic (exact) mass is 538 g/mol. The lowest BCUT2D eigenvalue weighted by atomic mass is 9.84. The van der Waals surface area contributed by atoms with Gasteiger partial charge in [-0.2, -0.15) is 0 Å². The van der Waals surface area contributed by atoms with Gasteiger partial charge in [0.2, 0.25) is 0 Å². The van der Waals surface area contributed by atoms with Crippen molar-refractivity contribution in [1.82, 2.24) is 9.13 Å². The van der Waals surface area contributed by atoms with Gasteiger partial charge in [0, 0.05) is 62.6 Å². The molecule has 0 saturated heterocycles. The first kappa shape index (κ1) is 25.3. The van der Waals surface area contributed by atoms with E-state index in [1.165, 1.54) is 60.3 Å². The van der Waals surface area contributed by atoms with E-state index >= 15 is 0 Å². The van der Waals surface area contributed by atoms with Crippen molar-refractivity contribution in [2.24, 2.45) is 0 Å². The Balaban J connectivity index is 1.50. The second kappa shape index (κ2) is 10.0. The number of hydrogen-bond acceptors (Lipinski definition) is 2. The number of para-hydroxylation sites is 2. The number of aryl methyl sites for hydroxylation is 2. The summed E-state index contributed by atoms with van der Waals surface area (Å²) in [5.41, 5.74) is 8.76. The van der Waals surface area contributed by atoms with Crippen molar-refractivity contribution in [2.75, 3.05) is 14.2 Å². The van der Waals surface area contributed by atoms with Crippen molar-refractivity contribution >= 4 is 43.6 Å². The molecule has 7 rings (SSSR count). The van der Waals surface area contributed by atoms with Gasteiger partial charge in [0.1, 0.15) is 0 Å². The highest BCUT2D eigenvalue weighted by Gasteiger charge is 2.22. The van der Waals surface area contributed by atoms with Gasteiger partial charge in [-0.15, -0.1) is 0 Å². The standard InChI is InChI=1S/C37H34N2O2/c1-5-38-31-13-9-7-11-27(31)29-21-24(15-18-33(29)38)37(26-17-20-35(40-3)36(23-26)41-4)25-16-19-34-30(22-25)28-12-8-10-14-32(28)39(34)6-2/h7-23,37H,5-6H2,1-4H3. The normalized spacial score (nSPS) is 11.8. The van der Waals surface area contributed by atoms with Crippen LogP contribution in [0.25, 0.3) is 43.6 Å². The van der Waals surface area contributed by atoms with E-state index < -0.39 is 0 Å². The molecule has 204 valence electrons. The smallest absolute Gasteiger partial charge is 0.161 e. The first-order valence-electron chi connectivity index (χ1n) is 14.4. The predicted octanol–water partition coefficient (Wildman–Crippen LogP) is 9.14. The zero-order valence-corrected chi connectivity index (χ0v) is 24.0.